The highest BCUT2D eigenvalue weighted by molar-refractivity contribution is 6.09. The molecule has 0 aliphatic heterocycles. The summed E-state index contributed by atoms with van der Waals surface area (Å²) in [5, 5.41) is 2.64. The number of amides is 1. The zero-order chi connectivity index (χ0) is 15.4. The molecule has 21 heavy (non-hydrogen) atoms. The van der Waals surface area contributed by atoms with Crippen molar-refractivity contribution in [2.45, 2.75) is 6.92 Å². The summed E-state index contributed by atoms with van der Waals surface area (Å²) in [6.45, 7) is 1.42. The third-order valence-corrected chi connectivity index (χ3v) is 2.97. The molecule has 0 saturated heterocycles. The zero-order valence-corrected chi connectivity index (χ0v) is 11.6. The van der Waals surface area contributed by atoms with Gasteiger partial charge in [0.15, 0.2) is 17.3 Å². The van der Waals surface area contributed by atoms with Crippen molar-refractivity contribution in [1.29, 1.82) is 0 Å². The lowest BCUT2D eigenvalue weighted by Crippen LogP contribution is -2.14. The van der Waals surface area contributed by atoms with Gasteiger partial charge in [0, 0.05) is 11.1 Å². The van der Waals surface area contributed by atoms with Crippen LogP contribution in [0.25, 0.3) is 0 Å². The van der Waals surface area contributed by atoms with E-state index in [1.54, 1.807) is 24.3 Å². The number of carbonyl (C=O) groups is 2. The topological polar surface area (TPSA) is 55.4 Å². The third kappa shape index (κ3) is 3.25. The van der Waals surface area contributed by atoms with Crippen LogP contribution in [0.1, 0.15) is 27.6 Å². The molecule has 2 aromatic rings. The van der Waals surface area contributed by atoms with E-state index in [0.717, 1.165) is 6.07 Å². The Balaban J connectivity index is 2.28. The largest absolute Gasteiger partial charge is 0.494 e. The van der Waals surface area contributed by atoms with Gasteiger partial charge in [0.2, 0.25) is 0 Å². The molecule has 2 rings (SSSR count). The average molecular weight is 287 g/mol. The lowest BCUT2D eigenvalue weighted by molar-refractivity contribution is 0.101. The average Bonchev–Trinajstić information content (AvgIpc) is 2.48. The number of carbonyl (C=O) groups excluding carboxylic acids is 2. The van der Waals surface area contributed by atoms with Gasteiger partial charge in [-0.1, -0.05) is 12.1 Å². The fourth-order valence-electron chi connectivity index (χ4n) is 1.89. The molecule has 0 aliphatic rings. The lowest BCUT2D eigenvalue weighted by atomic mass is 10.1. The fraction of sp³-hybridized carbons (Fsp3) is 0.125. The third-order valence-electron chi connectivity index (χ3n) is 2.97. The molecular formula is C16H14FNO3. The number of nitrogens with one attached hydrogen (secondary N) is 1. The first kappa shape index (κ1) is 14.7. The number of benzene rings is 2. The molecule has 0 radical (unpaired) electrons. The number of halogens is 1. The van der Waals surface area contributed by atoms with E-state index in [0.29, 0.717) is 11.3 Å². The standard InChI is InChI=1S/C16H14FNO3/c1-10(19)12-5-3-4-6-14(12)18-16(20)11-7-8-13(17)15(9-11)21-2/h3-9H,1-2H3,(H,18,20). The first-order valence-electron chi connectivity index (χ1n) is 6.27. The number of hydrogen-bond donors (Lipinski definition) is 1. The van der Waals surface area contributed by atoms with Gasteiger partial charge >= 0.3 is 0 Å². The molecule has 0 aromatic heterocycles. The molecule has 4 nitrogen and oxygen atoms in total. The predicted octanol–water partition coefficient (Wildman–Crippen LogP) is 3.29. The number of rotatable bonds is 4. The summed E-state index contributed by atoms with van der Waals surface area (Å²) in [6.07, 6.45) is 0. The maximum absolute atomic E-state index is 13.3. The number of ketones is 1. The van der Waals surface area contributed by atoms with Crippen LogP contribution < -0.4 is 10.1 Å². The van der Waals surface area contributed by atoms with Crippen molar-refractivity contribution in [1.82, 2.24) is 0 Å². The Bertz CT molecular complexity index is 698. The highest BCUT2D eigenvalue weighted by Gasteiger charge is 2.13. The number of hydrogen-bond acceptors (Lipinski definition) is 3. The lowest BCUT2D eigenvalue weighted by Gasteiger charge is -2.10. The van der Waals surface area contributed by atoms with Crippen LogP contribution in [0, 0.1) is 5.82 Å². The Morgan fingerprint density at radius 1 is 1.14 bits per heavy atom. The molecule has 5 heteroatoms. The Morgan fingerprint density at radius 2 is 1.86 bits per heavy atom. The normalized spacial score (nSPS) is 10.0. The van der Waals surface area contributed by atoms with Gasteiger partial charge in [0.25, 0.3) is 5.91 Å². The highest BCUT2D eigenvalue weighted by Crippen LogP contribution is 2.20. The van der Waals surface area contributed by atoms with Gasteiger partial charge in [0.1, 0.15) is 0 Å². The Hall–Kier alpha value is -2.69. The summed E-state index contributed by atoms with van der Waals surface area (Å²) in [5.74, 6) is -1.15. The minimum Gasteiger partial charge on any atom is -0.494 e. The molecule has 0 heterocycles. The predicted molar refractivity (Wildman–Crippen MR) is 77.4 cm³/mol. The Kier molecular flexibility index (Phi) is 4.33. The van der Waals surface area contributed by atoms with Gasteiger partial charge < -0.3 is 10.1 Å². The van der Waals surface area contributed by atoms with Crippen molar-refractivity contribution < 1.29 is 18.7 Å². The van der Waals surface area contributed by atoms with Crippen LogP contribution in [0.4, 0.5) is 10.1 Å². The summed E-state index contributed by atoms with van der Waals surface area (Å²) in [4.78, 5) is 23.7. The van der Waals surface area contributed by atoms with Crippen molar-refractivity contribution in [3.63, 3.8) is 0 Å². The van der Waals surface area contributed by atoms with Crippen molar-refractivity contribution in [2.75, 3.05) is 12.4 Å². The molecule has 0 saturated carbocycles. The molecule has 2 aromatic carbocycles. The molecule has 0 atom stereocenters. The molecule has 1 N–H and O–H groups in total. The smallest absolute Gasteiger partial charge is 0.255 e. The van der Waals surface area contributed by atoms with E-state index in [9.17, 15) is 14.0 Å². The second-order valence-corrected chi connectivity index (χ2v) is 4.41. The minimum absolute atomic E-state index is 0.0116. The summed E-state index contributed by atoms with van der Waals surface area (Å²) in [7, 11) is 1.32. The van der Waals surface area contributed by atoms with Crippen LogP contribution in [0.15, 0.2) is 42.5 Å². The van der Waals surface area contributed by atoms with Gasteiger partial charge in [-0.3, -0.25) is 9.59 Å². The molecule has 1 amide bonds. The van der Waals surface area contributed by atoms with Crippen molar-refractivity contribution >= 4 is 17.4 Å². The number of Topliss-reactive ketones (excluding diaryl/α,β-unsaturated/α-hetero) is 1. The summed E-state index contributed by atoms with van der Waals surface area (Å²) in [6, 6.07) is 10.5. The van der Waals surface area contributed by atoms with E-state index in [4.69, 9.17) is 4.74 Å². The Labute approximate surface area is 121 Å². The SMILES string of the molecule is COc1cc(C(=O)Nc2ccccc2C(C)=O)ccc1F. The zero-order valence-electron chi connectivity index (χ0n) is 11.6. The second kappa shape index (κ2) is 6.17. The fourth-order valence-corrected chi connectivity index (χ4v) is 1.89. The maximum Gasteiger partial charge on any atom is 0.255 e. The van der Waals surface area contributed by atoms with Crippen molar-refractivity contribution in [3.05, 3.63) is 59.4 Å². The number of ether oxygens (including phenoxy) is 1. The summed E-state index contributed by atoms with van der Waals surface area (Å²) in [5.41, 5.74) is 1.07. The van der Waals surface area contributed by atoms with Gasteiger partial charge in [-0.2, -0.15) is 0 Å². The molecule has 0 unspecified atom stereocenters. The van der Waals surface area contributed by atoms with Crippen molar-refractivity contribution in [2.24, 2.45) is 0 Å². The van der Waals surface area contributed by atoms with E-state index in [2.05, 4.69) is 5.32 Å². The first-order chi connectivity index (χ1) is 10.0. The molecule has 0 aliphatic carbocycles. The second-order valence-electron chi connectivity index (χ2n) is 4.41. The van der Waals surface area contributed by atoms with Crippen LogP contribution in [0.2, 0.25) is 0 Å². The summed E-state index contributed by atoms with van der Waals surface area (Å²) >= 11 is 0. The minimum atomic E-state index is -0.543. The highest BCUT2D eigenvalue weighted by atomic mass is 19.1. The quantitative estimate of drug-likeness (QED) is 0.878. The molecular weight excluding hydrogens is 273 g/mol. The van der Waals surface area contributed by atoms with E-state index in [1.807, 2.05) is 0 Å². The summed E-state index contributed by atoms with van der Waals surface area (Å²) < 4.78 is 18.2. The van der Waals surface area contributed by atoms with Crippen LogP contribution in [0.3, 0.4) is 0 Å². The van der Waals surface area contributed by atoms with E-state index >= 15 is 0 Å². The first-order valence-corrected chi connectivity index (χ1v) is 6.27. The van der Waals surface area contributed by atoms with Gasteiger partial charge in [-0.05, 0) is 37.3 Å². The molecule has 108 valence electrons. The molecule has 0 spiro atoms. The number of para-hydroxylation sites is 1. The van der Waals surface area contributed by atoms with Crippen LogP contribution >= 0.6 is 0 Å². The van der Waals surface area contributed by atoms with Crippen LogP contribution in [-0.2, 0) is 0 Å². The van der Waals surface area contributed by atoms with Gasteiger partial charge in [-0.25, -0.2) is 4.39 Å². The van der Waals surface area contributed by atoms with Gasteiger partial charge in [-0.15, -0.1) is 0 Å². The monoisotopic (exact) mass is 287 g/mol. The van der Waals surface area contributed by atoms with E-state index in [1.165, 1.54) is 26.2 Å². The van der Waals surface area contributed by atoms with Crippen LogP contribution in [-0.4, -0.2) is 18.8 Å². The van der Waals surface area contributed by atoms with Crippen LogP contribution in [0.5, 0.6) is 5.75 Å². The Morgan fingerprint density at radius 3 is 2.52 bits per heavy atom. The van der Waals surface area contributed by atoms with E-state index < -0.39 is 11.7 Å². The molecule has 0 bridgehead atoms. The van der Waals surface area contributed by atoms with Gasteiger partial charge in [0.05, 0.1) is 12.8 Å². The van der Waals surface area contributed by atoms with E-state index in [-0.39, 0.29) is 17.1 Å². The number of methoxy groups -OCH3 is 1. The van der Waals surface area contributed by atoms with Crippen molar-refractivity contribution in [3.8, 4) is 5.75 Å². The maximum atomic E-state index is 13.3. The number of anilines is 1. The molecule has 0 fully saturated rings.